The number of aromatic nitrogens is 4. The molecule has 4 heterocycles. The number of carbonyl (C=O) groups is 1. The summed E-state index contributed by atoms with van der Waals surface area (Å²) in [5.41, 5.74) is 3.15. The third-order valence-corrected chi connectivity index (χ3v) is 5.30. The Balaban J connectivity index is 1.72. The third-order valence-electron chi connectivity index (χ3n) is 5.30. The molecule has 1 fully saturated rings. The number of anilines is 1. The van der Waals surface area contributed by atoms with Crippen LogP contribution in [0.25, 0.3) is 11.3 Å². The molecular formula is C22H26N6O2. The summed E-state index contributed by atoms with van der Waals surface area (Å²) in [6.07, 6.45) is 6.63. The minimum Gasteiger partial charge on any atom is -0.356 e. The highest BCUT2D eigenvalue weighted by Crippen LogP contribution is 2.36. The molecule has 1 atom stereocenters. The fourth-order valence-electron chi connectivity index (χ4n) is 3.81. The molecule has 0 bridgehead atoms. The number of piperidine rings is 1. The summed E-state index contributed by atoms with van der Waals surface area (Å²) in [5, 5.41) is 4.02. The summed E-state index contributed by atoms with van der Waals surface area (Å²) in [7, 11) is 3.81. The predicted octanol–water partition coefficient (Wildman–Crippen LogP) is 3.20. The van der Waals surface area contributed by atoms with Crippen LogP contribution in [0.1, 0.15) is 42.4 Å². The summed E-state index contributed by atoms with van der Waals surface area (Å²) in [6, 6.07) is 7.38. The molecule has 1 aliphatic heterocycles. The van der Waals surface area contributed by atoms with Crippen LogP contribution in [0.2, 0.25) is 0 Å². The number of carbonyl (C=O) groups excluding carboxylic acids is 1. The lowest BCUT2D eigenvalue weighted by Gasteiger charge is -2.36. The zero-order valence-corrected chi connectivity index (χ0v) is 17.6. The van der Waals surface area contributed by atoms with Gasteiger partial charge in [-0.05, 0) is 38.3 Å². The van der Waals surface area contributed by atoms with Crippen LogP contribution in [0.3, 0.4) is 0 Å². The van der Waals surface area contributed by atoms with E-state index in [1.54, 1.807) is 12.4 Å². The summed E-state index contributed by atoms with van der Waals surface area (Å²) in [6.45, 7) is 2.58. The fourth-order valence-corrected chi connectivity index (χ4v) is 3.81. The molecule has 0 spiro atoms. The maximum absolute atomic E-state index is 13.2. The quantitative estimate of drug-likeness (QED) is 0.643. The van der Waals surface area contributed by atoms with Crippen molar-refractivity contribution in [2.24, 2.45) is 0 Å². The minimum atomic E-state index is -0.142. The van der Waals surface area contributed by atoms with E-state index in [4.69, 9.17) is 9.51 Å². The summed E-state index contributed by atoms with van der Waals surface area (Å²) in [4.78, 5) is 30.6. The first kappa shape index (κ1) is 20.0. The van der Waals surface area contributed by atoms with E-state index in [2.05, 4.69) is 15.1 Å². The molecule has 3 aromatic heterocycles. The topological polar surface area (TPSA) is 88.3 Å². The average molecular weight is 406 g/mol. The first-order valence-electron chi connectivity index (χ1n) is 10.2. The number of nitrogens with zero attached hydrogens (tertiary/aromatic N) is 6. The molecule has 8 heteroatoms. The second-order valence-corrected chi connectivity index (χ2v) is 7.79. The van der Waals surface area contributed by atoms with Gasteiger partial charge < -0.3 is 14.3 Å². The number of hydrogen-bond acceptors (Lipinski definition) is 7. The lowest BCUT2D eigenvalue weighted by atomic mass is 9.95. The maximum atomic E-state index is 13.2. The van der Waals surface area contributed by atoms with Crippen LogP contribution in [0, 0.1) is 6.92 Å². The van der Waals surface area contributed by atoms with Gasteiger partial charge in [0.1, 0.15) is 0 Å². The zero-order valence-electron chi connectivity index (χ0n) is 17.6. The second kappa shape index (κ2) is 8.61. The molecule has 1 saturated heterocycles. The molecule has 0 saturated carbocycles. The smallest absolute Gasteiger partial charge is 0.229 e. The standard InChI is InChI=1S/C22H26N6O2/c1-15-12-19(30-26-15)17-14-24-22(27(2)3)25-21(17)18-9-5-7-11-28(18)20(29)13-16-8-4-6-10-23-16/h4,6,8,10,12,14,18H,5,7,9,11,13H2,1-3H3/t18-/m0/s1. The van der Waals surface area contributed by atoms with E-state index >= 15 is 0 Å². The predicted molar refractivity (Wildman–Crippen MR) is 113 cm³/mol. The van der Waals surface area contributed by atoms with Gasteiger partial charge in [0, 0.05) is 44.8 Å². The van der Waals surface area contributed by atoms with Crippen molar-refractivity contribution in [2.45, 2.75) is 38.6 Å². The van der Waals surface area contributed by atoms with Crippen LogP contribution < -0.4 is 4.90 Å². The largest absolute Gasteiger partial charge is 0.356 e. The van der Waals surface area contributed by atoms with Crippen LogP contribution in [-0.4, -0.2) is 51.6 Å². The zero-order chi connectivity index (χ0) is 21.1. The molecule has 0 aliphatic carbocycles. The van der Waals surface area contributed by atoms with Gasteiger partial charge in [-0.3, -0.25) is 9.78 Å². The van der Waals surface area contributed by atoms with Gasteiger partial charge in [0.2, 0.25) is 11.9 Å². The van der Waals surface area contributed by atoms with Gasteiger partial charge in [0.25, 0.3) is 0 Å². The molecule has 1 aliphatic rings. The average Bonchev–Trinajstić information content (AvgIpc) is 3.20. The minimum absolute atomic E-state index is 0.0584. The number of aryl methyl sites for hydroxylation is 1. The number of pyridine rings is 1. The van der Waals surface area contributed by atoms with Gasteiger partial charge in [0.05, 0.1) is 29.4 Å². The van der Waals surface area contributed by atoms with Crippen LogP contribution in [0.15, 0.2) is 41.2 Å². The van der Waals surface area contributed by atoms with Crippen molar-refractivity contribution in [1.82, 2.24) is 25.0 Å². The molecule has 0 N–H and O–H groups in total. The van der Waals surface area contributed by atoms with E-state index in [9.17, 15) is 4.79 Å². The highest BCUT2D eigenvalue weighted by atomic mass is 16.5. The summed E-state index contributed by atoms with van der Waals surface area (Å²) >= 11 is 0. The Morgan fingerprint density at radius 2 is 2.13 bits per heavy atom. The van der Waals surface area contributed by atoms with E-state index in [1.807, 2.05) is 55.1 Å². The summed E-state index contributed by atoms with van der Waals surface area (Å²) < 4.78 is 5.52. The maximum Gasteiger partial charge on any atom is 0.229 e. The molecule has 30 heavy (non-hydrogen) atoms. The Labute approximate surface area is 175 Å². The second-order valence-electron chi connectivity index (χ2n) is 7.79. The lowest BCUT2D eigenvalue weighted by molar-refractivity contribution is -0.134. The Morgan fingerprint density at radius 1 is 1.27 bits per heavy atom. The van der Waals surface area contributed by atoms with Gasteiger partial charge >= 0.3 is 0 Å². The molecule has 0 unspecified atom stereocenters. The van der Waals surface area contributed by atoms with E-state index in [0.717, 1.165) is 41.9 Å². The molecule has 4 rings (SSSR count). The van der Waals surface area contributed by atoms with Gasteiger partial charge in [-0.2, -0.15) is 0 Å². The van der Waals surface area contributed by atoms with E-state index < -0.39 is 0 Å². The van der Waals surface area contributed by atoms with Gasteiger partial charge in [-0.1, -0.05) is 11.2 Å². The SMILES string of the molecule is Cc1cc(-c2cnc(N(C)C)nc2[C@@H]2CCCCN2C(=O)Cc2ccccn2)on1. The molecular weight excluding hydrogens is 380 g/mol. The van der Waals surface area contributed by atoms with Gasteiger partial charge in [-0.15, -0.1) is 0 Å². The molecule has 156 valence electrons. The number of hydrogen-bond donors (Lipinski definition) is 0. The first-order valence-corrected chi connectivity index (χ1v) is 10.2. The van der Waals surface area contributed by atoms with Crippen LogP contribution >= 0.6 is 0 Å². The Bertz CT molecular complexity index is 1020. The van der Waals surface area contributed by atoms with Gasteiger partial charge in [0.15, 0.2) is 5.76 Å². The Kier molecular flexibility index (Phi) is 5.74. The molecule has 3 aromatic rings. The Morgan fingerprint density at radius 3 is 2.83 bits per heavy atom. The van der Waals surface area contributed by atoms with Crippen LogP contribution in [-0.2, 0) is 11.2 Å². The van der Waals surface area contributed by atoms with Crippen molar-refractivity contribution in [1.29, 1.82) is 0 Å². The highest BCUT2D eigenvalue weighted by Gasteiger charge is 2.32. The molecule has 8 nitrogen and oxygen atoms in total. The molecule has 0 radical (unpaired) electrons. The Hall–Kier alpha value is -3.29. The number of likely N-dealkylation sites (tertiary alicyclic amines) is 1. The highest BCUT2D eigenvalue weighted by molar-refractivity contribution is 5.79. The van der Waals surface area contributed by atoms with E-state index in [0.29, 0.717) is 18.3 Å². The van der Waals surface area contributed by atoms with Crippen molar-refractivity contribution in [3.8, 4) is 11.3 Å². The fraction of sp³-hybridized carbons (Fsp3) is 0.409. The van der Waals surface area contributed by atoms with Crippen molar-refractivity contribution in [3.63, 3.8) is 0 Å². The molecule has 1 amide bonds. The molecule has 0 aromatic carbocycles. The van der Waals surface area contributed by atoms with E-state index in [1.165, 1.54) is 0 Å². The van der Waals surface area contributed by atoms with Crippen molar-refractivity contribution in [2.75, 3.05) is 25.5 Å². The van der Waals surface area contributed by atoms with Crippen LogP contribution in [0.5, 0.6) is 0 Å². The van der Waals surface area contributed by atoms with Gasteiger partial charge in [-0.25, -0.2) is 9.97 Å². The van der Waals surface area contributed by atoms with Crippen LogP contribution in [0.4, 0.5) is 5.95 Å². The van der Waals surface area contributed by atoms with Crippen molar-refractivity contribution >= 4 is 11.9 Å². The lowest BCUT2D eigenvalue weighted by Crippen LogP contribution is -2.40. The monoisotopic (exact) mass is 406 g/mol. The normalized spacial score (nSPS) is 16.5. The van der Waals surface area contributed by atoms with Crippen molar-refractivity contribution in [3.05, 3.63) is 53.7 Å². The summed E-state index contributed by atoms with van der Waals surface area (Å²) in [5.74, 6) is 1.28. The number of rotatable bonds is 5. The van der Waals surface area contributed by atoms with Crippen molar-refractivity contribution < 1.29 is 9.32 Å². The first-order chi connectivity index (χ1) is 14.5. The number of amides is 1. The third kappa shape index (κ3) is 4.17. The van der Waals surface area contributed by atoms with E-state index in [-0.39, 0.29) is 18.4 Å².